The molecule has 2 heteroatoms. The number of halogens is 1. The van der Waals surface area contributed by atoms with Gasteiger partial charge in [0, 0.05) is 18.4 Å². The first kappa shape index (κ1) is 12.0. The van der Waals surface area contributed by atoms with Crippen LogP contribution in [-0.2, 0) is 4.74 Å². The Hall–Kier alpha value is -0.0100. The quantitative estimate of drug-likeness (QED) is 0.462. The first-order chi connectivity index (χ1) is 5.61. The molecule has 1 nitrogen and oxygen atoms in total. The van der Waals surface area contributed by atoms with Crippen molar-refractivity contribution in [3.8, 4) is 0 Å². The highest BCUT2D eigenvalue weighted by Crippen LogP contribution is 2.27. The van der Waals surface area contributed by atoms with Gasteiger partial charge in [0.2, 0.25) is 0 Å². The third-order valence-electron chi connectivity index (χ3n) is 2.28. The maximum atomic E-state index is 5.84. The Morgan fingerprint density at radius 3 is 2.50 bits per heavy atom. The van der Waals surface area contributed by atoms with Crippen molar-refractivity contribution >= 4 is 11.6 Å². The van der Waals surface area contributed by atoms with Crippen molar-refractivity contribution < 1.29 is 4.74 Å². The van der Waals surface area contributed by atoms with Crippen molar-refractivity contribution in [1.29, 1.82) is 0 Å². The van der Waals surface area contributed by atoms with Crippen LogP contribution < -0.4 is 0 Å². The Kier molecular flexibility index (Phi) is 5.60. The van der Waals surface area contributed by atoms with E-state index in [1.165, 1.54) is 0 Å². The maximum Gasteiger partial charge on any atom is 0.0577 e. The zero-order valence-corrected chi connectivity index (χ0v) is 9.03. The molecule has 0 aromatic rings. The molecular weight excluding hydrogens is 172 g/mol. The van der Waals surface area contributed by atoms with Crippen LogP contribution in [0.2, 0.25) is 0 Å². The van der Waals surface area contributed by atoms with Crippen LogP contribution in [0, 0.1) is 5.41 Å². The number of allylic oxidation sites excluding steroid dienone is 1. The van der Waals surface area contributed by atoms with Crippen LogP contribution in [0.3, 0.4) is 0 Å². The lowest BCUT2D eigenvalue weighted by atomic mass is 9.86. The van der Waals surface area contributed by atoms with E-state index in [9.17, 15) is 0 Å². The van der Waals surface area contributed by atoms with E-state index in [1.807, 2.05) is 6.08 Å². The van der Waals surface area contributed by atoms with E-state index in [1.54, 1.807) is 7.11 Å². The van der Waals surface area contributed by atoms with Crippen LogP contribution >= 0.6 is 11.6 Å². The second-order valence-electron chi connectivity index (χ2n) is 3.46. The van der Waals surface area contributed by atoms with Crippen molar-refractivity contribution in [2.24, 2.45) is 5.41 Å². The molecule has 0 aromatic heterocycles. The molecule has 0 rings (SSSR count). The van der Waals surface area contributed by atoms with Crippen molar-refractivity contribution in [1.82, 2.24) is 0 Å². The fourth-order valence-corrected chi connectivity index (χ4v) is 1.33. The van der Waals surface area contributed by atoms with Crippen LogP contribution in [0.5, 0.6) is 0 Å². The molecule has 0 aliphatic rings. The summed E-state index contributed by atoms with van der Waals surface area (Å²) < 4.78 is 5.29. The van der Waals surface area contributed by atoms with E-state index >= 15 is 0 Å². The fourth-order valence-electron chi connectivity index (χ4n) is 1.11. The molecule has 0 aliphatic heterocycles. The van der Waals surface area contributed by atoms with E-state index in [2.05, 4.69) is 20.4 Å². The summed E-state index contributed by atoms with van der Waals surface area (Å²) in [7, 11) is 1.74. The topological polar surface area (TPSA) is 9.23 Å². The molecule has 0 heterocycles. The average molecular weight is 191 g/mol. The Labute approximate surface area is 80.8 Å². The third kappa shape index (κ3) is 3.59. The van der Waals surface area contributed by atoms with E-state index in [4.69, 9.17) is 16.3 Å². The highest BCUT2D eigenvalue weighted by atomic mass is 35.5. The van der Waals surface area contributed by atoms with Gasteiger partial charge in [-0.25, -0.2) is 0 Å². The summed E-state index contributed by atoms with van der Waals surface area (Å²) in [5.41, 5.74) is 0.0121. The van der Waals surface area contributed by atoms with Crippen LogP contribution in [0.4, 0.5) is 0 Å². The van der Waals surface area contributed by atoms with Gasteiger partial charge in [-0.05, 0) is 12.8 Å². The molecule has 0 amide bonds. The largest absolute Gasteiger partial charge is 0.381 e. The summed E-state index contributed by atoms with van der Waals surface area (Å²) in [4.78, 5) is 0. The normalized spacial score (nSPS) is 18.3. The highest BCUT2D eigenvalue weighted by Gasteiger charge is 2.23. The zero-order valence-electron chi connectivity index (χ0n) is 8.27. The molecular formula is C10H19ClO. The molecule has 2 atom stereocenters. The summed E-state index contributed by atoms with van der Waals surface area (Å²) >= 11 is 5.84. The number of hydrogen-bond donors (Lipinski definition) is 0. The third-order valence-corrected chi connectivity index (χ3v) is 2.89. The lowest BCUT2D eigenvalue weighted by molar-refractivity contribution is 0.0704. The van der Waals surface area contributed by atoms with Gasteiger partial charge in [0.05, 0.1) is 6.10 Å². The van der Waals surface area contributed by atoms with Crippen LogP contribution in [-0.4, -0.2) is 19.1 Å². The van der Waals surface area contributed by atoms with Crippen LogP contribution in [0.15, 0.2) is 12.7 Å². The molecule has 0 spiro atoms. The number of ether oxygens (including phenoxy) is 1. The Balaban J connectivity index is 4.08. The Bertz CT molecular complexity index is 132. The Morgan fingerprint density at radius 2 is 2.25 bits per heavy atom. The van der Waals surface area contributed by atoms with Gasteiger partial charge in [-0.2, -0.15) is 0 Å². The summed E-state index contributed by atoms with van der Waals surface area (Å²) in [6, 6.07) is 0. The number of rotatable bonds is 6. The lowest BCUT2D eigenvalue weighted by Gasteiger charge is -2.27. The molecule has 72 valence electrons. The Morgan fingerprint density at radius 1 is 1.67 bits per heavy atom. The van der Waals surface area contributed by atoms with E-state index in [-0.39, 0.29) is 5.41 Å². The number of hydrogen-bond acceptors (Lipinski definition) is 1. The first-order valence-corrected chi connectivity index (χ1v) is 4.87. The molecule has 0 radical (unpaired) electrons. The second kappa shape index (κ2) is 5.60. The van der Waals surface area contributed by atoms with Crippen molar-refractivity contribution in [3.05, 3.63) is 12.7 Å². The minimum Gasteiger partial charge on any atom is -0.381 e. The number of alkyl halides is 1. The van der Waals surface area contributed by atoms with Gasteiger partial charge in [-0.3, -0.25) is 0 Å². The van der Waals surface area contributed by atoms with Gasteiger partial charge in [0.25, 0.3) is 0 Å². The minimum absolute atomic E-state index is 0.0121. The molecule has 0 aromatic carbocycles. The molecule has 0 saturated carbocycles. The summed E-state index contributed by atoms with van der Waals surface area (Å²) in [5, 5.41) is 0. The van der Waals surface area contributed by atoms with E-state index in [0.29, 0.717) is 12.0 Å². The number of methoxy groups -OCH3 is 1. The van der Waals surface area contributed by atoms with Crippen molar-refractivity contribution in [3.63, 3.8) is 0 Å². The van der Waals surface area contributed by atoms with E-state index < -0.39 is 0 Å². The minimum atomic E-state index is 0.0121. The van der Waals surface area contributed by atoms with Crippen molar-refractivity contribution in [2.75, 3.05) is 13.0 Å². The molecule has 0 aliphatic carbocycles. The highest BCUT2D eigenvalue weighted by molar-refractivity contribution is 6.18. The first-order valence-electron chi connectivity index (χ1n) is 4.34. The predicted octanol–water partition coefficient (Wildman–Crippen LogP) is 3.23. The molecule has 12 heavy (non-hydrogen) atoms. The van der Waals surface area contributed by atoms with Gasteiger partial charge in [0.1, 0.15) is 0 Å². The zero-order chi connectivity index (χ0) is 9.61. The molecule has 0 fully saturated rings. The monoisotopic (exact) mass is 190 g/mol. The lowest BCUT2D eigenvalue weighted by Crippen LogP contribution is -2.24. The summed E-state index contributed by atoms with van der Waals surface area (Å²) in [6.07, 6.45) is 4.19. The predicted molar refractivity (Wildman–Crippen MR) is 54.7 cm³/mol. The second-order valence-corrected chi connectivity index (χ2v) is 3.73. The summed E-state index contributed by atoms with van der Waals surface area (Å²) in [6.45, 7) is 8.01. The molecule has 0 saturated heterocycles. The standard InChI is InChI=1S/C10H19ClO/c1-5-9(12-4)7-10(3,6-2)8-11/h6,9H,2,5,7-8H2,1,3-4H3. The average Bonchev–Trinajstić information content (AvgIpc) is 2.14. The molecule has 2 unspecified atom stereocenters. The smallest absolute Gasteiger partial charge is 0.0577 e. The molecule has 0 bridgehead atoms. The van der Waals surface area contributed by atoms with Crippen LogP contribution in [0.25, 0.3) is 0 Å². The van der Waals surface area contributed by atoms with Crippen LogP contribution in [0.1, 0.15) is 26.7 Å². The summed E-state index contributed by atoms with van der Waals surface area (Å²) in [5.74, 6) is 0.608. The SMILES string of the molecule is C=CC(C)(CCl)CC(CC)OC. The van der Waals surface area contributed by atoms with Crippen molar-refractivity contribution in [2.45, 2.75) is 32.8 Å². The van der Waals surface area contributed by atoms with Gasteiger partial charge in [0.15, 0.2) is 0 Å². The molecule has 0 N–H and O–H groups in total. The van der Waals surface area contributed by atoms with Gasteiger partial charge >= 0.3 is 0 Å². The van der Waals surface area contributed by atoms with Gasteiger partial charge < -0.3 is 4.74 Å². The van der Waals surface area contributed by atoms with E-state index in [0.717, 1.165) is 12.8 Å². The van der Waals surface area contributed by atoms with Gasteiger partial charge in [-0.1, -0.05) is 19.9 Å². The maximum absolute atomic E-state index is 5.84. The van der Waals surface area contributed by atoms with Gasteiger partial charge in [-0.15, -0.1) is 18.2 Å². The fraction of sp³-hybridized carbons (Fsp3) is 0.800.